The second-order valence-corrected chi connectivity index (χ2v) is 7.07. The first-order valence-electron chi connectivity index (χ1n) is 6.86. The second kappa shape index (κ2) is 6.75. The van der Waals surface area contributed by atoms with Crippen molar-refractivity contribution in [2.45, 2.75) is 80.6 Å². The predicted octanol–water partition coefficient (Wildman–Crippen LogP) is 4.63. The Morgan fingerprint density at radius 1 is 0.941 bits per heavy atom. The number of hydrogen-bond acceptors (Lipinski definition) is 2. The lowest BCUT2D eigenvalue weighted by molar-refractivity contribution is -0.230. The van der Waals surface area contributed by atoms with Crippen molar-refractivity contribution in [2.24, 2.45) is 10.8 Å². The number of hydrogen-bond donors (Lipinski definition) is 0. The zero-order chi connectivity index (χ0) is 13.7. The van der Waals surface area contributed by atoms with Crippen LogP contribution in [0.3, 0.4) is 0 Å². The highest BCUT2D eigenvalue weighted by Crippen LogP contribution is 2.30. The van der Waals surface area contributed by atoms with Gasteiger partial charge in [-0.1, -0.05) is 54.9 Å². The molecule has 0 spiro atoms. The predicted molar refractivity (Wildman–Crippen MR) is 74.1 cm³/mol. The van der Waals surface area contributed by atoms with Crippen LogP contribution in [0.5, 0.6) is 0 Å². The van der Waals surface area contributed by atoms with Gasteiger partial charge in [0, 0.05) is 12.0 Å². The van der Waals surface area contributed by atoms with Crippen molar-refractivity contribution in [3.05, 3.63) is 0 Å². The van der Waals surface area contributed by atoms with Crippen LogP contribution in [0.1, 0.15) is 68.2 Å². The van der Waals surface area contributed by atoms with Crippen LogP contribution < -0.4 is 0 Å². The summed E-state index contributed by atoms with van der Waals surface area (Å²) in [7, 11) is 0. The maximum atomic E-state index is 6.10. The van der Waals surface area contributed by atoms with E-state index in [1.165, 1.54) is 0 Å². The highest BCUT2D eigenvalue weighted by atomic mass is 16.7. The average Bonchev–Trinajstić information content (AvgIpc) is 2.13. The number of ether oxygens (including phenoxy) is 2. The van der Waals surface area contributed by atoms with E-state index in [1.54, 1.807) is 0 Å². The van der Waals surface area contributed by atoms with Crippen molar-refractivity contribution in [1.29, 1.82) is 0 Å². The van der Waals surface area contributed by atoms with Crippen LogP contribution >= 0.6 is 0 Å². The van der Waals surface area contributed by atoms with Crippen molar-refractivity contribution in [3.63, 3.8) is 0 Å². The largest absolute Gasteiger partial charge is 0.352 e. The van der Waals surface area contributed by atoms with Gasteiger partial charge in [0.25, 0.3) is 0 Å². The van der Waals surface area contributed by atoms with Gasteiger partial charge in [0.05, 0.1) is 6.10 Å². The maximum Gasteiger partial charge on any atom is 0.162 e. The van der Waals surface area contributed by atoms with E-state index in [-0.39, 0.29) is 23.2 Å². The van der Waals surface area contributed by atoms with Crippen molar-refractivity contribution in [2.75, 3.05) is 6.61 Å². The first-order valence-corrected chi connectivity index (χ1v) is 6.86. The molecule has 0 saturated carbocycles. The lowest BCUT2D eigenvalue weighted by Gasteiger charge is -2.37. The van der Waals surface area contributed by atoms with Crippen LogP contribution in [-0.2, 0) is 9.47 Å². The van der Waals surface area contributed by atoms with Gasteiger partial charge in [-0.3, -0.25) is 0 Å². The van der Waals surface area contributed by atoms with Gasteiger partial charge in [0.2, 0.25) is 0 Å². The van der Waals surface area contributed by atoms with E-state index >= 15 is 0 Å². The minimum absolute atomic E-state index is 0.0211. The smallest absolute Gasteiger partial charge is 0.162 e. The molecule has 0 radical (unpaired) electrons. The molecule has 0 amide bonds. The fourth-order valence-electron chi connectivity index (χ4n) is 1.22. The molecule has 2 atom stereocenters. The van der Waals surface area contributed by atoms with Gasteiger partial charge in [-0.25, -0.2) is 0 Å². The third-order valence-corrected chi connectivity index (χ3v) is 3.02. The van der Waals surface area contributed by atoms with Gasteiger partial charge >= 0.3 is 0 Å². The third-order valence-electron chi connectivity index (χ3n) is 3.02. The molecule has 0 aromatic rings. The Hall–Kier alpha value is -0.0800. The lowest BCUT2D eigenvalue weighted by atomic mass is 9.89. The van der Waals surface area contributed by atoms with Gasteiger partial charge in [-0.2, -0.15) is 0 Å². The molecular formula is C15H32O2. The summed E-state index contributed by atoms with van der Waals surface area (Å²) in [5.74, 6) is 0. The molecule has 0 fully saturated rings. The molecular weight excluding hydrogens is 212 g/mol. The average molecular weight is 244 g/mol. The van der Waals surface area contributed by atoms with E-state index in [0.717, 1.165) is 19.4 Å². The van der Waals surface area contributed by atoms with Crippen molar-refractivity contribution in [1.82, 2.24) is 0 Å². The molecule has 0 bridgehead atoms. The molecule has 0 aliphatic carbocycles. The lowest BCUT2D eigenvalue weighted by Crippen LogP contribution is -2.39. The van der Waals surface area contributed by atoms with Crippen molar-refractivity contribution < 1.29 is 9.47 Å². The van der Waals surface area contributed by atoms with Crippen LogP contribution in [0.4, 0.5) is 0 Å². The molecule has 0 N–H and O–H groups in total. The summed E-state index contributed by atoms with van der Waals surface area (Å²) >= 11 is 0. The van der Waals surface area contributed by atoms with E-state index in [4.69, 9.17) is 9.47 Å². The van der Waals surface area contributed by atoms with Crippen molar-refractivity contribution in [3.8, 4) is 0 Å². The molecule has 0 aromatic heterocycles. The summed E-state index contributed by atoms with van der Waals surface area (Å²) in [6.07, 6.45) is 2.32. The van der Waals surface area contributed by atoms with E-state index in [9.17, 15) is 0 Å². The topological polar surface area (TPSA) is 18.5 Å². The molecule has 0 saturated heterocycles. The second-order valence-electron chi connectivity index (χ2n) is 7.07. The Morgan fingerprint density at radius 2 is 1.47 bits per heavy atom. The first kappa shape index (κ1) is 16.9. The Morgan fingerprint density at radius 3 is 1.82 bits per heavy atom. The molecule has 2 nitrogen and oxygen atoms in total. The molecule has 104 valence electrons. The fourth-order valence-corrected chi connectivity index (χ4v) is 1.22. The minimum Gasteiger partial charge on any atom is -0.352 e. The summed E-state index contributed by atoms with van der Waals surface area (Å²) in [5, 5.41) is 0. The van der Waals surface area contributed by atoms with Crippen LogP contribution in [0, 0.1) is 10.8 Å². The summed E-state index contributed by atoms with van der Waals surface area (Å²) in [6, 6.07) is 0. The standard InChI is InChI=1S/C15H32O2/c1-9-10-11-16-13(15(6,7)8)17-12(2)14(3,4)5/h12-13H,9-11H2,1-8H3. The fraction of sp³-hybridized carbons (Fsp3) is 1.00. The zero-order valence-corrected chi connectivity index (χ0v) is 13.1. The Balaban J connectivity index is 4.40. The molecule has 0 heterocycles. The molecule has 17 heavy (non-hydrogen) atoms. The van der Waals surface area contributed by atoms with Gasteiger partial charge < -0.3 is 9.47 Å². The molecule has 0 rings (SSSR count). The van der Waals surface area contributed by atoms with E-state index in [1.807, 2.05) is 0 Å². The van der Waals surface area contributed by atoms with Crippen LogP contribution in [0.15, 0.2) is 0 Å². The Kier molecular flexibility index (Phi) is 6.71. The van der Waals surface area contributed by atoms with Gasteiger partial charge in [0.1, 0.15) is 0 Å². The molecule has 0 aliphatic rings. The SMILES string of the molecule is CCCCOC(OC(C)C(C)(C)C)C(C)(C)C. The van der Waals surface area contributed by atoms with Crippen LogP contribution in [0.25, 0.3) is 0 Å². The molecule has 0 aromatic carbocycles. The summed E-state index contributed by atoms with van der Waals surface area (Å²) in [5.41, 5.74) is 0.171. The Labute approximate surface area is 108 Å². The van der Waals surface area contributed by atoms with Crippen LogP contribution in [0.2, 0.25) is 0 Å². The number of unbranched alkanes of at least 4 members (excludes halogenated alkanes) is 1. The minimum atomic E-state index is -0.122. The summed E-state index contributed by atoms with van der Waals surface area (Å²) in [4.78, 5) is 0. The zero-order valence-electron chi connectivity index (χ0n) is 13.1. The van der Waals surface area contributed by atoms with Crippen molar-refractivity contribution >= 4 is 0 Å². The first-order chi connectivity index (χ1) is 7.59. The van der Waals surface area contributed by atoms with Gasteiger partial charge in [-0.05, 0) is 18.8 Å². The molecule has 2 unspecified atom stereocenters. The van der Waals surface area contributed by atoms with E-state index < -0.39 is 0 Å². The highest BCUT2D eigenvalue weighted by Gasteiger charge is 2.31. The summed E-state index contributed by atoms with van der Waals surface area (Å²) in [6.45, 7) is 18.2. The monoisotopic (exact) mass is 244 g/mol. The van der Waals surface area contributed by atoms with Gasteiger partial charge in [0.15, 0.2) is 6.29 Å². The summed E-state index contributed by atoms with van der Waals surface area (Å²) < 4.78 is 12.0. The van der Waals surface area contributed by atoms with E-state index in [2.05, 4.69) is 55.4 Å². The molecule has 0 aliphatic heterocycles. The maximum absolute atomic E-state index is 6.10. The quantitative estimate of drug-likeness (QED) is 0.501. The van der Waals surface area contributed by atoms with E-state index in [0.29, 0.717) is 0 Å². The Bertz CT molecular complexity index is 198. The van der Waals surface area contributed by atoms with Gasteiger partial charge in [-0.15, -0.1) is 0 Å². The molecule has 2 heteroatoms. The normalized spacial score (nSPS) is 16.9. The number of rotatable bonds is 6. The highest BCUT2D eigenvalue weighted by molar-refractivity contribution is 4.74. The third kappa shape index (κ3) is 7.05. The van der Waals surface area contributed by atoms with Crippen LogP contribution in [-0.4, -0.2) is 19.0 Å².